The van der Waals surface area contributed by atoms with Gasteiger partial charge in [0.25, 0.3) is 0 Å². The van der Waals surface area contributed by atoms with Crippen molar-refractivity contribution in [2.45, 2.75) is 20.4 Å². The van der Waals surface area contributed by atoms with Crippen molar-refractivity contribution in [3.8, 4) is 11.3 Å². The Morgan fingerprint density at radius 2 is 1.86 bits per heavy atom. The van der Waals surface area contributed by atoms with Crippen LogP contribution in [0.5, 0.6) is 0 Å². The third kappa shape index (κ3) is 3.54. The molecule has 1 aliphatic heterocycles. The van der Waals surface area contributed by atoms with Gasteiger partial charge in [0.1, 0.15) is 5.01 Å². The number of thiazole rings is 1. The van der Waals surface area contributed by atoms with Gasteiger partial charge in [0.05, 0.1) is 12.2 Å². The van der Waals surface area contributed by atoms with Crippen LogP contribution < -0.4 is 0 Å². The molecule has 0 spiro atoms. The van der Waals surface area contributed by atoms with Crippen LogP contribution in [-0.4, -0.2) is 46.9 Å². The van der Waals surface area contributed by atoms with Gasteiger partial charge >= 0.3 is 0 Å². The Balaban J connectivity index is 1.60. The van der Waals surface area contributed by atoms with Crippen LogP contribution in [0.3, 0.4) is 0 Å². The number of aryl methyl sites for hydroxylation is 1. The van der Waals surface area contributed by atoms with Crippen molar-refractivity contribution >= 4 is 17.2 Å². The zero-order valence-corrected chi connectivity index (χ0v) is 13.9. The molecule has 0 bridgehead atoms. The molecule has 1 aliphatic rings. The number of hydrogen-bond acceptors (Lipinski definition) is 4. The van der Waals surface area contributed by atoms with Gasteiger partial charge in [-0.15, -0.1) is 11.3 Å². The van der Waals surface area contributed by atoms with Crippen LogP contribution in [0.25, 0.3) is 11.3 Å². The molecule has 1 amide bonds. The van der Waals surface area contributed by atoms with E-state index in [0.717, 1.165) is 43.4 Å². The normalized spacial score (nSPS) is 16.0. The Labute approximate surface area is 135 Å². The van der Waals surface area contributed by atoms with E-state index in [0.29, 0.717) is 0 Å². The van der Waals surface area contributed by atoms with Crippen LogP contribution in [0, 0.1) is 6.92 Å². The maximum atomic E-state index is 11.3. The minimum Gasteiger partial charge on any atom is -0.340 e. The SMILES string of the molecule is CC(=O)N1CCN(Cc2nc(-c3ccc(C)cc3)cs2)CC1. The molecule has 1 fully saturated rings. The van der Waals surface area contributed by atoms with Crippen molar-refractivity contribution < 1.29 is 4.79 Å². The maximum absolute atomic E-state index is 11.3. The predicted molar refractivity (Wildman–Crippen MR) is 89.8 cm³/mol. The lowest BCUT2D eigenvalue weighted by Gasteiger charge is -2.33. The Morgan fingerprint density at radius 3 is 2.50 bits per heavy atom. The number of benzene rings is 1. The molecule has 0 aliphatic carbocycles. The van der Waals surface area contributed by atoms with Crippen molar-refractivity contribution in [3.63, 3.8) is 0 Å². The first-order valence-corrected chi connectivity index (χ1v) is 8.49. The molecule has 0 saturated carbocycles. The maximum Gasteiger partial charge on any atom is 0.219 e. The number of nitrogens with zero attached hydrogens (tertiary/aromatic N) is 3. The van der Waals surface area contributed by atoms with Gasteiger partial charge in [-0.05, 0) is 6.92 Å². The minimum absolute atomic E-state index is 0.176. The van der Waals surface area contributed by atoms with E-state index < -0.39 is 0 Å². The molecule has 0 unspecified atom stereocenters. The lowest BCUT2D eigenvalue weighted by atomic mass is 10.1. The zero-order chi connectivity index (χ0) is 15.5. The highest BCUT2D eigenvalue weighted by Crippen LogP contribution is 2.23. The Bertz CT molecular complexity index is 642. The molecular formula is C17H21N3OS. The van der Waals surface area contributed by atoms with Gasteiger partial charge in [-0.25, -0.2) is 4.98 Å². The first-order valence-electron chi connectivity index (χ1n) is 7.61. The molecule has 4 nitrogen and oxygen atoms in total. The van der Waals surface area contributed by atoms with Gasteiger partial charge in [0.2, 0.25) is 5.91 Å². The molecular weight excluding hydrogens is 294 g/mol. The highest BCUT2D eigenvalue weighted by atomic mass is 32.1. The molecule has 5 heteroatoms. The number of aromatic nitrogens is 1. The summed E-state index contributed by atoms with van der Waals surface area (Å²) < 4.78 is 0. The smallest absolute Gasteiger partial charge is 0.219 e. The number of hydrogen-bond donors (Lipinski definition) is 0. The summed E-state index contributed by atoms with van der Waals surface area (Å²) in [5, 5.41) is 3.28. The number of rotatable bonds is 3. The van der Waals surface area contributed by atoms with E-state index in [9.17, 15) is 4.79 Å². The van der Waals surface area contributed by atoms with E-state index in [-0.39, 0.29) is 5.91 Å². The summed E-state index contributed by atoms with van der Waals surface area (Å²) in [6.45, 7) is 8.12. The van der Waals surface area contributed by atoms with Gasteiger partial charge in [-0.3, -0.25) is 9.69 Å². The lowest BCUT2D eigenvalue weighted by Crippen LogP contribution is -2.47. The van der Waals surface area contributed by atoms with Crippen LogP contribution in [0.2, 0.25) is 0 Å². The van der Waals surface area contributed by atoms with E-state index in [1.807, 2.05) is 4.90 Å². The highest BCUT2D eigenvalue weighted by Gasteiger charge is 2.19. The molecule has 1 aromatic carbocycles. The van der Waals surface area contributed by atoms with Gasteiger partial charge < -0.3 is 4.90 Å². The Kier molecular flexibility index (Phi) is 4.55. The predicted octanol–water partition coefficient (Wildman–Crippen LogP) is 2.78. The average molecular weight is 315 g/mol. The van der Waals surface area contributed by atoms with E-state index in [2.05, 4.69) is 41.5 Å². The second-order valence-corrected chi connectivity index (χ2v) is 6.72. The standard InChI is InChI=1S/C17H21N3OS/c1-13-3-5-15(6-4-13)16-12-22-17(18-16)11-19-7-9-20(10-8-19)14(2)21/h3-6,12H,7-11H2,1-2H3. The van der Waals surface area contributed by atoms with Crippen molar-refractivity contribution in [3.05, 3.63) is 40.2 Å². The van der Waals surface area contributed by atoms with E-state index in [1.54, 1.807) is 18.3 Å². The fourth-order valence-corrected chi connectivity index (χ4v) is 3.50. The molecule has 2 aromatic rings. The second kappa shape index (κ2) is 6.58. The summed E-state index contributed by atoms with van der Waals surface area (Å²) in [4.78, 5) is 20.4. The summed E-state index contributed by atoms with van der Waals surface area (Å²) in [5.74, 6) is 0.176. The lowest BCUT2D eigenvalue weighted by molar-refractivity contribution is -0.130. The highest BCUT2D eigenvalue weighted by molar-refractivity contribution is 7.09. The summed E-state index contributed by atoms with van der Waals surface area (Å²) in [6, 6.07) is 8.49. The fourth-order valence-electron chi connectivity index (χ4n) is 2.65. The number of amides is 1. The van der Waals surface area contributed by atoms with Crippen LogP contribution >= 0.6 is 11.3 Å². The van der Waals surface area contributed by atoms with E-state index in [4.69, 9.17) is 4.98 Å². The average Bonchev–Trinajstić information content (AvgIpc) is 2.97. The molecule has 0 atom stereocenters. The van der Waals surface area contributed by atoms with Gasteiger partial charge in [-0.2, -0.15) is 0 Å². The van der Waals surface area contributed by atoms with Crippen molar-refractivity contribution in [2.75, 3.05) is 26.2 Å². The quantitative estimate of drug-likeness (QED) is 0.874. The second-order valence-electron chi connectivity index (χ2n) is 5.77. The number of carbonyl (C=O) groups is 1. The molecule has 1 saturated heterocycles. The Morgan fingerprint density at radius 1 is 1.18 bits per heavy atom. The van der Waals surface area contributed by atoms with Gasteiger partial charge in [0, 0.05) is 44.0 Å². The van der Waals surface area contributed by atoms with Gasteiger partial charge in [0.15, 0.2) is 0 Å². The van der Waals surface area contributed by atoms with Crippen LogP contribution in [-0.2, 0) is 11.3 Å². The minimum atomic E-state index is 0.176. The number of piperazine rings is 1. The molecule has 2 heterocycles. The van der Waals surface area contributed by atoms with Gasteiger partial charge in [-0.1, -0.05) is 29.8 Å². The number of carbonyl (C=O) groups excluding carboxylic acids is 1. The van der Waals surface area contributed by atoms with Crippen LogP contribution in [0.1, 0.15) is 17.5 Å². The summed E-state index contributed by atoms with van der Waals surface area (Å²) in [5.41, 5.74) is 3.50. The molecule has 0 N–H and O–H groups in total. The zero-order valence-electron chi connectivity index (χ0n) is 13.1. The van der Waals surface area contributed by atoms with Crippen molar-refractivity contribution in [2.24, 2.45) is 0 Å². The first-order chi connectivity index (χ1) is 10.6. The monoisotopic (exact) mass is 315 g/mol. The third-order valence-electron chi connectivity index (χ3n) is 4.08. The van der Waals surface area contributed by atoms with Crippen molar-refractivity contribution in [1.29, 1.82) is 0 Å². The van der Waals surface area contributed by atoms with Crippen molar-refractivity contribution in [1.82, 2.24) is 14.8 Å². The van der Waals surface area contributed by atoms with E-state index in [1.165, 1.54) is 11.1 Å². The first kappa shape index (κ1) is 15.2. The molecule has 116 valence electrons. The molecule has 22 heavy (non-hydrogen) atoms. The molecule has 0 radical (unpaired) electrons. The van der Waals surface area contributed by atoms with Crippen LogP contribution in [0.4, 0.5) is 0 Å². The Hall–Kier alpha value is -1.72. The topological polar surface area (TPSA) is 36.4 Å². The summed E-state index contributed by atoms with van der Waals surface area (Å²) in [6.07, 6.45) is 0. The van der Waals surface area contributed by atoms with Crippen LogP contribution in [0.15, 0.2) is 29.6 Å². The molecule has 1 aromatic heterocycles. The molecule has 3 rings (SSSR count). The largest absolute Gasteiger partial charge is 0.340 e. The fraction of sp³-hybridized carbons (Fsp3) is 0.412. The summed E-state index contributed by atoms with van der Waals surface area (Å²) in [7, 11) is 0. The third-order valence-corrected chi connectivity index (χ3v) is 4.91. The van der Waals surface area contributed by atoms with E-state index >= 15 is 0 Å². The summed E-state index contributed by atoms with van der Waals surface area (Å²) >= 11 is 1.72.